The number of ether oxygens (including phenoxy) is 2. The van der Waals surface area contributed by atoms with Crippen molar-refractivity contribution in [1.82, 2.24) is 5.32 Å². The number of furan rings is 1. The van der Waals surface area contributed by atoms with E-state index >= 15 is 0 Å². The molecular weight excluding hydrogens is 379 g/mol. The van der Waals surface area contributed by atoms with Crippen molar-refractivity contribution in [2.45, 2.75) is 12.7 Å². The van der Waals surface area contributed by atoms with Gasteiger partial charge in [-0.15, -0.1) is 0 Å². The molecule has 6 nitrogen and oxygen atoms in total. The fourth-order valence-electron chi connectivity index (χ4n) is 2.57. The van der Waals surface area contributed by atoms with Gasteiger partial charge in [0.1, 0.15) is 17.1 Å². The highest BCUT2D eigenvalue weighted by molar-refractivity contribution is 5.98. The summed E-state index contributed by atoms with van der Waals surface area (Å²) in [7, 11) is 1.14. The largest absolute Gasteiger partial charge is 0.467 e. The molecule has 0 aliphatic carbocycles. The van der Waals surface area contributed by atoms with Crippen LogP contribution in [-0.4, -0.2) is 25.6 Å². The topological polar surface area (TPSA) is 77.8 Å². The molecule has 1 atom stereocenters. The number of esters is 1. The average molecular weight is 393 g/mol. The third-order valence-electron chi connectivity index (χ3n) is 3.85. The molecule has 0 unspecified atom stereocenters. The Labute approximate surface area is 156 Å². The van der Waals surface area contributed by atoms with Gasteiger partial charge < -0.3 is 19.2 Å². The van der Waals surface area contributed by atoms with E-state index in [2.05, 4.69) is 14.8 Å². The van der Waals surface area contributed by atoms with E-state index in [1.165, 1.54) is 48.5 Å². The van der Waals surface area contributed by atoms with E-state index in [0.717, 1.165) is 7.11 Å². The summed E-state index contributed by atoms with van der Waals surface area (Å²) in [5, 5.41) is 2.83. The monoisotopic (exact) mass is 393 g/mol. The van der Waals surface area contributed by atoms with Crippen molar-refractivity contribution in [3.8, 4) is 5.75 Å². The quantitative estimate of drug-likeness (QED) is 0.645. The van der Waals surface area contributed by atoms with Crippen molar-refractivity contribution in [2.24, 2.45) is 0 Å². The van der Waals surface area contributed by atoms with Crippen LogP contribution in [0.1, 0.15) is 22.2 Å². The van der Waals surface area contributed by atoms with Gasteiger partial charge in [0.05, 0.1) is 7.11 Å². The summed E-state index contributed by atoms with van der Waals surface area (Å²) >= 11 is 0. The van der Waals surface area contributed by atoms with E-state index < -0.39 is 30.3 Å². The molecule has 0 spiro atoms. The fraction of sp³-hybridized carbons (Fsp3) is 0.158. The Morgan fingerprint density at radius 1 is 1.07 bits per heavy atom. The maximum Gasteiger partial charge on any atom is 0.387 e. The van der Waals surface area contributed by atoms with Crippen LogP contribution in [0.2, 0.25) is 0 Å². The number of alkyl halides is 2. The summed E-state index contributed by atoms with van der Waals surface area (Å²) in [6, 6.07) is 9.02. The molecule has 0 saturated carbocycles. The second-order valence-electron chi connectivity index (χ2n) is 5.67. The molecule has 0 aliphatic heterocycles. The zero-order valence-corrected chi connectivity index (χ0v) is 14.4. The summed E-state index contributed by atoms with van der Waals surface area (Å²) in [4.78, 5) is 24.6. The Morgan fingerprint density at radius 2 is 1.79 bits per heavy atom. The number of methoxy groups -OCH3 is 1. The Hall–Kier alpha value is -3.49. The third-order valence-corrected chi connectivity index (χ3v) is 3.85. The van der Waals surface area contributed by atoms with Crippen molar-refractivity contribution >= 4 is 22.8 Å². The number of fused-ring (bicyclic) bond motifs is 1. The van der Waals surface area contributed by atoms with Crippen LogP contribution >= 0.6 is 0 Å². The van der Waals surface area contributed by atoms with Crippen LogP contribution in [0, 0.1) is 5.82 Å². The molecule has 0 bridgehead atoms. The second-order valence-corrected chi connectivity index (χ2v) is 5.67. The molecule has 0 fully saturated rings. The molecule has 1 heterocycles. The lowest BCUT2D eigenvalue weighted by Crippen LogP contribution is -2.34. The highest BCUT2D eigenvalue weighted by Crippen LogP contribution is 2.23. The van der Waals surface area contributed by atoms with E-state index in [4.69, 9.17) is 4.42 Å². The lowest BCUT2D eigenvalue weighted by Gasteiger charge is -2.16. The van der Waals surface area contributed by atoms with Gasteiger partial charge in [-0.3, -0.25) is 4.79 Å². The van der Waals surface area contributed by atoms with Crippen LogP contribution in [0.15, 0.2) is 52.9 Å². The zero-order chi connectivity index (χ0) is 20.3. The van der Waals surface area contributed by atoms with Crippen LogP contribution in [0.3, 0.4) is 0 Å². The molecule has 0 radical (unpaired) electrons. The molecule has 1 amide bonds. The number of nitrogens with one attached hydrogen (secondary N) is 1. The molecule has 146 valence electrons. The zero-order valence-electron chi connectivity index (χ0n) is 14.4. The summed E-state index contributed by atoms with van der Waals surface area (Å²) < 4.78 is 52.1. The van der Waals surface area contributed by atoms with Crippen molar-refractivity contribution in [3.05, 3.63) is 65.7 Å². The number of carbonyl (C=O) groups is 2. The number of halogens is 3. The third kappa shape index (κ3) is 4.25. The van der Waals surface area contributed by atoms with E-state index in [1.54, 1.807) is 0 Å². The number of amides is 1. The van der Waals surface area contributed by atoms with Crippen molar-refractivity contribution in [1.29, 1.82) is 0 Å². The first kappa shape index (κ1) is 19.3. The Balaban J connectivity index is 1.83. The van der Waals surface area contributed by atoms with Crippen molar-refractivity contribution in [3.63, 3.8) is 0 Å². The fourth-order valence-corrected chi connectivity index (χ4v) is 2.57. The molecule has 0 saturated heterocycles. The molecule has 0 aliphatic rings. The number of rotatable bonds is 6. The minimum Gasteiger partial charge on any atom is -0.467 e. The van der Waals surface area contributed by atoms with Crippen LogP contribution < -0.4 is 10.1 Å². The number of hydrogen-bond donors (Lipinski definition) is 1. The van der Waals surface area contributed by atoms with Gasteiger partial charge in [0.15, 0.2) is 11.8 Å². The maximum atomic E-state index is 13.3. The molecule has 2 aromatic carbocycles. The maximum absolute atomic E-state index is 13.3. The van der Waals surface area contributed by atoms with Crippen LogP contribution in [0.5, 0.6) is 5.75 Å². The Morgan fingerprint density at radius 3 is 2.43 bits per heavy atom. The van der Waals surface area contributed by atoms with Gasteiger partial charge in [-0.25, -0.2) is 9.18 Å². The first-order chi connectivity index (χ1) is 13.4. The summed E-state index contributed by atoms with van der Waals surface area (Å²) in [6.45, 7) is -2.99. The van der Waals surface area contributed by atoms with Gasteiger partial charge in [0, 0.05) is 5.39 Å². The van der Waals surface area contributed by atoms with Gasteiger partial charge in [-0.05, 0) is 42.0 Å². The van der Waals surface area contributed by atoms with Crippen molar-refractivity contribution in [2.75, 3.05) is 7.11 Å². The van der Waals surface area contributed by atoms with Gasteiger partial charge >= 0.3 is 12.6 Å². The lowest BCUT2D eigenvalue weighted by atomic mass is 10.1. The lowest BCUT2D eigenvalue weighted by molar-refractivity contribution is -0.143. The summed E-state index contributed by atoms with van der Waals surface area (Å²) in [6.07, 6.45) is 0. The van der Waals surface area contributed by atoms with Crippen LogP contribution in [0.25, 0.3) is 11.0 Å². The molecule has 3 rings (SSSR count). The standard InChI is InChI=1S/C19H14F3NO5/c1-26-18(25)16(10-2-5-13(6-3-10)27-19(21)22)23-17(24)15-9-11-8-12(20)4-7-14(11)28-15/h2-9,16,19H,1H3,(H,23,24)/t16-/m1/s1. The number of hydrogen-bond acceptors (Lipinski definition) is 5. The van der Waals surface area contributed by atoms with E-state index in [1.807, 2.05) is 0 Å². The predicted molar refractivity (Wildman–Crippen MR) is 91.5 cm³/mol. The average Bonchev–Trinajstić information content (AvgIpc) is 3.09. The summed E-state index contributed by atoms with van der Waals surface area (Å²) in [5.41, 5.74) is 0.582. The smallest absolute Gasteiger partial charge is 0.387 e. The first-order valence-corrected chi connectivity index (χ1v) is 8.00. The molecule has 9 heteroatoms. The van der Waals surface area contributed by atoms with Gasteiger partial charge in [0.2, 0.25) is 0 Å². The van der Waals surface area contributed by atoms with Crippen LogP contribution in [0.4, 0.5) is 13.2 Å². The summed E-state index contributed by atoms with van der Waals surface area (Å²) in [5.74, 6) is -2.24. The molecule has 1 N–H and O–H groups in total. The van der Waals surface area contributed by atoms with Gasteiger partial charge in [-0.1, -0.05) is 12.1 Å². The number of carbonyl (C=O) groups excluding carboxylic acids is 2. The van der Waals surface area contributed by atoms with E-state index in [0.29, 0.717) is 11.0 Å². The normalized spacial score (nSPS) is 12.0. The van der Waals surface area contributed by atoms with Gasteiger partial charge in [-0.2, -0.15) is 8.78 Å². The molecular formula is C19H14F3NO5. The van der Waals surface area contributed by atoms with Crippen LogP contribution in [-0.2, 0) is 9.53 Å². The minimum atomic E-state index is -2.99. The van der Waals surface area contributed by atoms with E-state index in [-0.39, 0.29) is 17.1 Å². The number of benzene rings is 2. The first-order valence-electron chi connectivity index (χ1n) is 8.00. The Bertz CT molecular complexity index is 1000. The predicted octanol–water partition coefficient (Wildman–Crippen LogP) is 3.82. The van der Waals surface area contributed by atoms with E-state index in [9.17, 15) is 22.8 Å². The molecule has 3 aromatic rings. The highest BCUT2D eigenvalue weighted by Gasteiger charge is 2.26. The van der Waals surface area contributed by atoms with Crippen molar-refractivity contribution < 1.29 is 36.7 Å². The molecule has 1 aromatic heterocycles. The SMILES string of the molecule is COC(=O)[C@H](NC(=O)c1cc2cc(F)ccc2o1)c1ccc(OC(F)F)cc1. The Kier molecular flexibility index (Phi) is 5.53. The van der Waals surface area contributed by atoms with Gasteiger partial charge in [0.25, 0.3) is 5.91 Å². The second kappa shape index (κ2) is 8.03. The highest BCUT2D eigenvalue weighted by atomic mass is 19.3. The molecule has 28 heavy (non-hydrogen) atoms. The minimum absolute atomic E-state index is 0.104.